The Bertz CT molecular complexity index is 1190. The molecule has 1 heterocycles. The quantitative estimate of drug-likeness (QED) is 0.121. The second-order valence-electron chi connectivity index (χ2n) is 7.99. The standard InChI is InChI=1S/C25H28F2N6O3S/c1-17(36-16-35-3)23(34)33-25(18-8-5-4-6-9-18,12-7-13-30-24(29-2)31-15-28)37-22(32-33)20-14-19(26)10-11-21(20)27/h4-6,8-11,14,17H,7,12-13,16H2,1-3H3,(H2,29,30,31)/t17-,25?/m0/s1. The van der Waals surface area contributed by atoms with Crippen LogP contribution in [0.5, 0.6) is 0 Å². The van der Waals surface area contributed by atoms with Crippen molar-refractivity contribution >= 4 is 28.7 Å². The maximum Gasteiger partial charge on any atom is 0.273 e. The summed E-state index contributed by atoms with van der Waals surface area (Å²) in [6, 6.07) is 12.4. The van der Waals surface area contributed by atoms with Crippen LogP contribution in [0.1, 0.15) is 30.9 Å². The lowest BCUT2D eigenvalue weighted by atomic mass is 9.99. The van der Waals surface area contributed by atoms with Crippen molar-refractivity contribution < 1.29 is 23.0 Å². The number of hydrogen-bond donors (Lipinski definition) is 2. The number of guanidine groups is 1. The van der Waals surface area contributed by atoms with E-state index in [0.717, 1.165) is 23.8 Å². The van der Waals surface area contributed by atoms with E-state index in [9.17, 15) is 13.6 Å². The molecular weight excluding hydrogens is 502 g/mol. The van der Waals surface area contributed by atoms with Crippen molar-refractivity contribution in [1.82, 2.24) is 15.6 Å². The van der Waals surface area contributed by atoms with Crippen LogP contribution in [-0.4, -0.2) is 55.5 Å². The number of thioether (sulfide) groups is 1. The normalized spacial score (nSPS) is 18.2. The van der Waals surface area contributed by atoms with Crippen molar-refractivity contribution in [2.24, 2.45) is 10.1 Å². The molecule has 0 fully saturated rings. The molecule has 1 amide bonds. The number of aliphatic imine (C=N–C) groups is 1. The Morgan fingerprint density at radius 3 is 2.73 bits per heavy atom. The van der Waals surface area contributed by atoms with E-state index >= 15 is 0 Å². The maximum atomic E-state index is 14.8. The molecule has 1 aliphatic rings. The molecule has 0 radical (unpaired) electrons. The number of carbonyl (C=O) groups excluding carboxylic acids is 1. The molecule has 0 aliphatic carbocycles. The van der Waals surface area contributed by atoms with Crippen LogP contribution in [0.4, 0.5) is 8.78 Å². The van der Waals surface area contributed by atoms with Gasteiger partial charge in [-0.3, -0.25) is 15.1 Å². The van der Waals surface area contributed by atoms with Gasteiger partial charge in [0.15, 0.2) is 6.19 Å². The van der Waals surface area contributed by atoms with Crippen molar-refractivity contribution in [2.45, 2.75) is 30.7 Å². The van der Waals surface area contributed by atoms with Gasteiger partial charge < -0.3 is 14.8 Å². The van der Waals surface area contributed by atoms with Gasteiger partial charge in [-0.2, -0.15) is 10.4 Å². The zero-order valence-corrected chi connectivity index (χ0v) is 21.5. The van der Waals surface area contributed by atoms with Crippen LogP contribution in [0.2, 0.25) is 0 Å². The first kappa shape index (κ1) is 28.0. The maximum absolute atomic E-state index is 14.8. The number of methoxy groups -OCH3 is 1. The molecule has 1 aliphatic heterocycles. The second kappa shape index (κ2) is 13.1. The van der Waals surface area contributed by atoms with Gasteiger partial charge >= 0.3 is 0 Å². The number of nitrogens with zero attached hydrogens (tertiary/aromatic N) is 4. The largest absolute Gasteiger partial charge is 0.359 e. The minimum atomic E-state index is -1.08. The summed E-state index contributed by atoms with van der Waals surface area (Å²) in [5, 5.41) is 20.3. The molecule has 3 rings (SSSR count). The van der Waals surface area contributed by atoms with Gasteiger partial charge in [0.25, 0.3) is 5.91 Å². The van der Waals surface area contributed by atoms with Crippen LogP contribution >= 0.6 is 11.8 Å². The lowest BCUT2D eigenvalue weighted by Crippen LogP contribution is -2.46. The van der Waals surface area contributed by atoms with E-state index < -0.39 is 28.5 Å². The third-order valence-corrected chi connectivity index (χ3v) is 7.00. The number of ether oxygens (including phenoxy) is 2. The Labute approximate surface area is 218 Å². The van der Waals surface area contributed by atoms with Crippen molar-refractivity contribution in [2.75, 3.05) is 27.5 Å². The van der Waals surface area contributed by atoms with Crippen molar-refractivity contribution in [3.05, 3.63) is 71.3 Å². The van der Waals surface area contributed by atoms with Crippen LogP contribution < -0.4 is 10.6 Å². The average molecular weight is 531 g/mol. The van der Waals surface area contributed by atoms with E-state index in [0.29, 0.717) is 25.3 Å². The first-order chi connectivity index (χ1) is 17.9. The third-order valence-electron chi connectivity index (χ3n) is 5.56. The number of hydrazone groups is 1. The minimum Gasteiger partial charge on any atom is -0.359 e. The fourth-order valence-corrected chi connectivity index (χ4v) is 5.18. The summed E-state index contributed by atoms with van der Waals surface area (Å²) >= 11 is 1.18. The molecule has 0 aromatic heterocycles. The second-order valence-corrected chi connectivity index (χ2v) is 9.25. The van der Waals surface area contributed by atoms with Crippen molar-refractivity contribution in [3.63, 3.8) is 0 Å². The smallest absolute Gasteiger partial charge is 0.273 e. The Morgan fingerprint density at radius 1 is 1.30 bits per heavy atom. The number of halogens is 2. The third kappa shape index (κ3) is 6.62. The average Bonchev–Trinajstić information content (AvgIpc) is 3.30. The topological polar surface area (TPSA) is 111 Å². The molecule has 37 heavy (non-hydrogen) atoms. The van der Waals surface area contributed by atoms with E-state index in [4.69, 9.17) is 14.7 Å². The zero-order valence-electron chi connectivity index (χ0n) is 20.7. The van der Waals surface area contributed by atoms with Crippen LogP contribution in [0.3, 0.4) is 0 Å². The summed E-state index contributed by atoms with van der Waals surface area (Å²) in [4.78, 5) is 16.5. The number of rotatable bonds is 10. The van der Waals surface area contributed by atoms with Crippen LogP contribution in [-0.2, 0) is 19.1 Å². The van der Waals surface area contributed by atoms with Gasteiger partial charge in [-0.1, -0.05) is 42.1 Å². The summed E-state index contributed by atoms with van der Waals surface area (Å²) < 4.78 is 39.3. The monoisotopic (exact) mass is 530 g/mol. The zero-order chi connectivity index (χ0) is 26.8. The highest BCUT2D eigenvalue weighted by molar-refractivity contribution is 8.15. The van der Waals surface area contributed by atoms with Gasteiger partial charge in [-0.05, 0) is 43.5 Å². The van der Waals surface area contributed by atoms with E-state index in [2.05, 4.69) is 20.7 Å². The summed E-state index contributed by atoms with van der Waals surface area (Å²) in [5.41, 5.74) is 0.713. The molecule has 0 saturated heterocycles. The Morgan fingerprint density at radius 2 is 2.05 bits per heavy atom. The molecule has 196 valence electrons. The minimum absolute atomic E-state index is 0.0391. The lowest BCUT2D eigenvalue weighted by molar-refractivity contribution is -0.154. The van der Waals surface area contributed by atoms with Crippen LogP contribution in [0.25, 0.3) is 0 Å². The Hall–Kier alpha value is -3.53. The summed E-state index contributed by atoms with van der Waals surface area (Å²) in [7, 11) is 2.99. The van der Waals surface area contributed by atoms with Gasteiger partial charge in [-0.25, -0.2) is 13.8 Å². The van der Waals surface area contributed by atoms with E-state index in [1.807, 2.05) is 36.5 Å². The van der Waals surface area contributed by atoms with E-state index in [1.54, 1.807) is 14.0 Å². The van der Waals surface area contributed by atoms with E-state index in [-0.39, 0.29) is 17.4 Å². The first-order valence-electron chi connectivity index (χ1n) is 11.4. The highest BCUT2D eigenvalue weighted by Gasteiger charge is 2.49. The Balaban J connectivity index is 2.01. The number of hydrogen-bond acceptors (Lipinski definition) is 7. The SMILES string of the molecule is CN=C(NC#N)NCCCC1(c2ccccc2)SC(c2cc(F)ccc2F)=NN1C(=O)[C@H](C)OCOC. The van der Waals surface area contributed by atoms with Crippen LogP contribution in [0.15, 0.2) is 58.6 Å². The number of nitrogens with one attached hydrogen (secondary N) is 2. The molecule has 2 aromatic rings. The molecule has 9 nitrogen and oxygen atoms in total. The van der Waals surface area contributed by atoms with E-state index in [1.165, 1.54) is 23.9 Å². The summed E-state index contributed by atoms with van der Waals surface area (Å²) in [5.74, 6) is -1.42. The van der Waals surface area contributed by atoms with Crippen LogP contribution in [0, 0.1) is 23.1 Å². The molecule has 2 atom stereocenters. The summed E-state index contributed by atoms with van der Waals surface area (Å²) in [6.07, 6.45) is 1.79. The highest BCUT2D eigenvalue weighted by atomic mass is 32.2. The highest BCUT2D eigenvalue weighted by Crippen LogP contribution is 2.50. The molecule has 12 heteroatoms. The summed E-state index contributed by atoms with van der Waals surface area (Å²) in [6.45, 7) is 1.89. The van der Waals surface area contributed by atoms with Crippen molar-refractivity contribution in [3.8, 4) is 6.19 Å². The predicted molar refractivity (Wildman–Crippen MR) is 137 cm³/mol. The number of amides is 1. The lowest BCUT2D eigenvalue weighted by Gasteiger charge is -2.37. The van der Waals surface area contributed by atoms with Gasteiger partial charge in [0, 0.05) is 26.3 Å². The molecule has 2 N–H and O–H groups in total. The van der Waals surface area contributed by atoms with Gasteiger partial charge in [0.1, 0.15) is 34.4 Å². The predicted octanol–water partition coefficient (Wildman–Crippen LogP) is 3.49. The molecule has 2 aromatic carbocycles. The number of benzene rings is 2. The van der Waals surface area contributed by atoms with Gasteiger partial charge in [0.05, 0.1) is 0 Å². The number of carbonyl (C=O) groups is 1. The van der Waals surface area contributed by atoms with Crippen molar-refractivity contribution in [1.29, 1.82) is 5.26 Å². The van der Waals surface area contributed by atoms with Gasteiger partial charge in [0.2, 0.25) is 5.96 Å². The van der Waals surface area contributed by atoms with Gasteiger partial charge in [-0.15, -0.1) is 0 Å². The fraction of sp³-hybridized carbons (Fsp3) is 0.360. The molecular formula is C25H28F2N6O3S. The number of nitriles is 1. The Kier molecular flexibility index (Phi) is 9.96. The molecule has 0 saturated carbocycles. The molecule has 0 spiro atoms. The fourth-order valence-electron chi connectivity index (χ4n) is 3.75. The first-order valence-corrected chi connectivity index (χ1v) is 12.3. The molecule has 1 unspecified atom stereocenters. The molecule has 0 bridgehead atoms.